The molecule has 0 unspecified atom stereocenters. The highest BCUT2D eigenvalue weighted by Gasteiger charge is 2.44. The first kappa shape index (κ1) is 8.56. The molecule has 72 valence electrons. The van der Waals surface area contributed by atoms with Gasteiger partial charge in [-0.15, -0.1) is 8.78 Å². The minimum Gasteiger partial charge on any atom is -0.395 e. The molecule has 0 amide bonds. The zero-order valence-electron chi connectivity index (χ0n) is 6.75. The van der Waals surface area contributed by atoms with Crippen LogP contribution < -0.4 is 14.8 Å². The molecule has 4 nitrogen and oxygen atoms in total. The molecule has 0 saturated carbocycles. The fraction of sp³-hybridized carbons (Fsp3) is 0.125. The van der Waals surface area contributed by atoms with Crippen molar-refractivity contribution in [1.82, 2.24) is 0 Å². The highest BCUT2D eigenvalue weighted by atomic mass is 19.3. The van der Waals surface area contributed by atoms with Crippen LogP contribution in [0.2, 0.25) is 0 Å². The third-order valence-electron chi connectivity index (χ3n) is 1.62. The lowest BCUT2D eigenvalue weighted by Crippen LogP contribution is -2.26. The predicted octanol–water partition coefficient (Wildman–Crippen LogP) is 1.90. The molecule has 1 N–H and O–H groups in total. The summed E-state index contributed by atoms with van der Waals surface area (Å²) >= 11 is 0. The maximum atomic E-state index is 12.6. The monoisotopic (exact) mass is 198 g/mol. The molecule has 0 atom stereocenters. The molecule has 0 aromatic heterocycles. The topological polar surface area (TPSA) is 54.3 Å². The predicted molar refractivity (Wildman–Crippen MR) is 41.9 cm³/mol. The Hall–Kier alpha value is -2.03. The Morgan fingerprint density at radius 1 is 1.36 bits per heavy atom. The van der Waals surface area contributed by atoms with E-state index in [1.165, 1.54) is 18.2 Å². The summed E-state index contributed by atoms with van der Waals surface area (Å²) < 4.78 is 33.6. The van der Waals surface area contributed by atoms with Crippen LogP contribution in [0.5, 0.6) is 11.5 Å². The first-order valence-corrected chi connectivity index (χ1v) is 3.66. The van der Waals surface area contributed by atoms with Gasteiger partial charge in [-0.2, -0.15) is 5.26 Å². The van der Waals surface area contributed by atoms with Crippen molar-refractivity contribution in [3.05, 3.63) is 18.2 Å². The lowest BCUT2D eigenvalue weighted by Gasteiger charge is -2.05. The van der Waals surface area contributed by atoms with E-state index in [0.29, 0.717) is 0 Å². The average molecular weight is 198 g/mol. The molecule has 1 aliphatic heterocycles. The number of hydrogen-bond acceptors (Lipinski definition) is 4. The highest BCUT2D eigenvalue weighted by Crippen LogP contribution is 2.45. The maximum absolute atomic E-state index is 12.6. The number of ether oxygens (including phenoxy) is 2. The molecule has 0 saturated heterocycles. The standard InChI is InChI=1S/C8H4F2N2O2/c9-8(10)13-6-3-1-2-5(12-4-11)7(6)14-8/h1-3,12H. The number of nitriles is 1. The van der Waals surface area contributed by atoms with Crippen molar-refractivity contribution >= 4 is 5.69 Å². The molecule has 6 heteroatoms. The lowest BCUT2D eigenvalue weighted by atomic mass is 10.3. The Morgan fingerprint density at radius 2 is 2.14 bits per heavy atom. The normalized spacial score (nSPS) is 16.1. The van der Waals surface area contributed by atoms with Crippen LogP contribution in [0.25, 0.3) is 0 Å². The second-order valence-electron chi connectivity index (χ2n) is 2.54. The van der Waals surface area contributed by atoms with Crippen LogP contribution in [0.4, 0.5) is 14.5 Å². The molecule has 1 aromatic carbocycles. The fourth-order valence-electron chi connectivity index (χ4n) is 1.13. The molecule has 0 spiro atoms. The van der Waals surface area contributed by atoms with Crippen LogP contribution in [0.3, 0.4) is 0 Å². The van der Waals surface area contributed by atoms with E-state index in [1.807, 2.05) is 0 Å². The Kier molecular flexibility index (Phi) is 1.67. The largest absolute Gasteiger partial charge is 0.586 e. The Labute approximate surface area is 77.7 Å². The number of fused-ring (bicyclic) bond motifs is 1. The zero-order chi connectivity index (χ0) is 10.2. The summed E-state index contributed by atoms with van der Waals surface area (Å²) in [6, 6.07) is 4.24. The van der Waals surface area contributed by atoms with Gasteiger partial charge in [-0.25, -0.2) is 0 Å². The van der Waals surface area contributed by atoms with Crippen LogP contribution >= 0.6 is 0 Å². The number of alkyl halides is 2. The second kappa shape index (κ2) is 2.73. The smallest absolute Gasteiger partial charge is 0.395 e. The number of nitrogens with one attached hydrogen (secondary N) is 1. The van der Waals surface area contributed by atoms with E-state index < -0.39 is 6.29 Å². The SMILES string of the molecule is N#CNc1cccc2c1OC(F)(F)O2. The summed E-state index contributed by atoms with van der Waals surface area (Å²) in [4.78, 5) is 0. The van der Waals surface area contributed by atoms with Gasteiger partial charge in [-0.05, 0) is 12.1 Å². The number of hydrogen-bond donors (Lipinski definition) is 1. The number of rotatable bonds is 1. The van der Waals surface area contributed by atoms with Crippen molar-refractivity contribution in [3.63, 3.8) is 0 Å². The van der Waals surface area contributed by atoms with Crippen LogP contribution in [0.1, 0.15) is 0 Å². The van der Waals surface area contributed by atoms with Gasteiger partial charge in [0.1, 0.15) is 0 Å². The minimum absolute atomic E-state index is 0.0877. The van der Waals surface area contributed by atoms with Crippen LogP contribution in [-0.2, 0) is 0 Å². The van der Waals surface area contributed by atoms with Crippen molar-refractivity contribution < 1.29 is 18.3 Å². The first-order valence-electron chi connectivity index (χ1n) is 3.66. The second-order valence-corrected chi connectivity index (χ2v) is 2.54. The van der Waals surface area contributed by atoms with Crippen molar-refractivity contribution in [2.24, 2.45) is 0 Å². The molecule has 0 radical (unpaired) electrons. The lowest BCUT2D eigenvalue weighted by molar-refractivity contribution is -0.286. The molecule has 2 rings (SSSR count). The molecule has 1 aromatic rings. The van der Waals surface area contributed by atoms with Crippen LogP contribution in [0.15, 0.2) is 18.2 Å². The Balaban J connectivity index is 2.42. The van der Waals surface area contributed by atoms with Crippen molar-refractivity contribution in [2.45, 2.75) is 6.29 Å². The van der Waals surface area contributed by atoms with Crippen LogP contribution in [0, 0.1) is 11.5 Å². The molecule has 14 heavy (non-hydrogen) atoms. The summed E-state index contributed by atoms with van der Waals surface area (Å²) in [5.74, 6) is -0.241. The molecule has 1 heterocycles. The summed E-state index contributed by atoms with van der Waals surface area (Å²) in [5.41, 5.74) is 0.155. The molecule has 0 bridgehead atoms. The van der Waals surface area contributed by atoms with E-state index in [2.05, 4.69) is 14.8 Å². The van der Waals surface area contributed by atoms with Crippen molar-refractivity contribution in [1.29, 1.82) is 5.26 Å². The number of halogens is 2. The van der Waals surface area contributed by atoms with E-state index in [-0.39, 0.29) is 17.2 Å². The van der Waals surface area contributed by atoms with Gasteiger partial charge in [0.25, 0.3) is 0 Å². The average Bonchev–Trinajstić information content (AvgIpc) is 2.41. The van der Waals surface area contributed by atoms with Gasteiger partial charge in [0.2, 0.25) is 0 Å². The molecule has 0 aliphatic carbocycles. The number of benzene rings is 1. The van der Waals surface area contributed by atoms with Gasteiger partial charge in [0.15, 0.2) is 17.7 Å². The van der Waals surface area contributed by atoms with Gasteiger partial charge in [0, 0.05) is 0 Å². The van der Waals surface area contributed by atoms with Crippen molar-refractivity contribution in [2.75, 3.05) is 5.32 Å². The van der Waals surface area contributed by atoms with Crippen LogP contribution in [-0.4, -0.2) is 6.29 Å². The van der Waals surface area contributed by atoms with E-state index in [1.54, 1.807) is 6.19 Å². The zero-order valence-corrected chi connectivity index (χ0v) is 6.75. The molecule has 0 fully saturated rings. The maximum Gasteiger partial charge on any atom is 0.586 e. The van der Waals surface area contributed by atoms with Gasteiger partial charge < -0.3 is 9.47 Å². The Bertz CT molecular complexity index is 414. The van der Waals surface area contributed by atoms with Gasteiger partial charge in [-0.3, -0.25) is 5.32 Å². The van der Waals surface area contributed by atoms with Crippen molar-refractivity contribution in [3.8, 4) is 17.7 Å². The highest BCUT2D eigenvalue weighted by molar-refractivity contribution is 5.65. The summed E-state index contributed by atoms with van der Waals surface area (Å²) in [7, 11) is 0. The van der Waals surface area contributed by atoms with E-state index in [9.17, 15) is 8.78 Å². The van der Waals surface area contributed by atoms with E-state index in [4.69, 9.17) is 5.26 Å². The van der Waals surface area contributed by atoms with Gasteiger partial charge >= 0.3 is 6.29 Å². The summed E-state index contributed by atoms with van der Waals surface area (Å²) in [5, 5.41) is 10.5. The quantitative estimate of drug-likeness (QED) is 0.553. The molecule has 1 aliphatic rings. The number of para-hydroxylation sites is 1. The number of nitrogens with zero attached hydrogens (tertiary/aromatic N) is 1. The van der Waals surface area contributed by atoms with E-state index in [0.717, 1.165) is 0 Å². The third-order valence-corrected chi connectivity index (χ3v) is 1.62. The van der Waals surface area contributed by atoms with E-state index >= 15 is 0 Å². The number of anilines is 1. The van der Waals surface area contributed by atoms with Gasteiger partial charge in [0.05, 0.1) is 5.69 Å². The Morgan fingerprint density at radius 3 is 2.86 bits per heavy atom. The first-order chi connectivity index (χ1) is 6.62. The third kappa shape index (κ3) is 1.29. The minimum atomic E-state index is -3.66. The summed E-state index contributed by atoms with van der Waals surface area (Å²) in [6.07, 6.45) is -2.05. The summed E-state index contributed by atoms with van der Waals surface area (Å²) in [6.45, 7) is 0. The fourth-order valence-corrected chi connectivity index (χ4v) is 1.13. The molecular weight excluding hydrogens is 194 g/mol. The van der Waals surface area contributed by atoms with Gasteiger partial charge in [-0.1, -0.05) is 6.07 Å². The molecular formula is C8H4F2N2O2.